The minimum atomic E-state index is -0.548. The lowest BCUT2D eigenvalue weighted by Crippen LogP contribution is -2.56. The SMILES string of the molecule is COc1cc(C(C)C)c(OC2=CNC(NN)NC2)cc1C(=O)NN=N. The molecule has 1 heterocycles. The molecule has 0 aromatic heterocycles. The molecule has 1 atom stereocenters. The highest BCUT2D eigenvalue weighted by atomic mass is 16.5. The standard InChI is InChI=1S/C15H23N7O3/c1-8(2)10-4-12(24-3)11(14(23)21-22-17)5-13(10)25-9-6-18-15(20-16)19-7-9/h4-6,8,15,18-20H,7,16H2,1-3H3,(H2,17,21,23). The van der Waals surface area contributed by atoms with Gasteiger partial charge in [-0.25, -0.2) is 10.9 Å². The van der Waals surface area contributed by atoms with E-state index in [1.807, 2.05) is 13.8 Å². The molecule has 0 aliphatic carbocycles. The van der Waals surface area contributed by atoms with Crippen LogP contribution in [-0.4, -0.2) is 25.9 Å². The van der Waals surface area contributed by atoms with Crippen LogP contribution in [0.4, 0.5) is 0 Å². The molecule has 136 valence electrons. The zero-order chi connectivity index (χ0) is 18.4. The third-order valence-corrected chi connectivity index (χ3v) is 3.66. The zero-order valence-corrected chi connectivity index (χ0v) is 14.3. The molecule has 1 aliphatic rings. The van der Waals surface area contributed by atoms with E-state index in [9.17, 15) is 4.79 Å². The number of nitrogens with one attached hydrogen (secondary N) is 5. The maximum Gasteiger partial charge on any atom is 0.276 e. The van der Waals surface area contributed by atoms with Gasteiger partial charge in [-0.2, -0.15) is 5.53 Å². The third kappa shape index (κ3) is 4.44. The number of hydrazine groups is 1. The Morgan fingerprint density at radius 3 is 2.72 bits per heavy atom. The maximum atomic E-state index is 12.1. The first kappa shape index (κ1) is 18.6. The molecule has 0 bridgehead atoms. The van der Waals surface area contributed by atoms with Crippen LogP contribution in [0.15, 0.2) is 29.3 Å². The van der Waals surface area contributed by atoms with Crippen LogP contribution in [-0.2, 0) is 0 Å². The van der Waals surface area contributed by atoms with Crippen LogP contribution in [0.5, 0.6) is 11.5 Å². The van der Waals surface area contributed by atoms with Crippen LogP contribution >= 0.6 is 0 Å². The largest absolute Gasteiger partial charge is 0.496 e. The Bertz CT molecular complexity index is 675. The highest BCUT2D eigenvalue weighted by molar-refractivity contribution is 5.97. The van der Waals surface area contributed by atoms with Crippen molar-refractivity contribution in [3.8, 4) is 11.5 Å². The number of hydrogen-bond acceptors (Lipinski definition) is 9. The Morgan fingerprint density at radius 2 is 2.20 bits per heavy atom. The summed E-state index contributed by atoms with van der Waals surface area (Å²) in [5.74, 6) is 6.50. The van der Waals surface area contributed by atoms with E-state index in [0.717, 1.165) is 5.56 Å². The molecular weight excluding hydrogens is 326 g/mol. The molecule has 0 radical (unpaired) electrons. The van der Waals surface area contributed by atoms with Gasteiger partial charge in [0, 0.05) is 11.8 Å². The number of carbonyl (C=O) groups is 1. The van der Waals surface area contributed by atoms with Crippen LogP contribution in [0.2, 0.25) is 0 Å². The van der Waals surface area contributed by atoms with Gasteiger partial charge in [0.2, 0.25) is 0 Å². The van der Waals surface area contributed by atoms with Crippen LogP contribution in [0.3, 0.4) is 0 Å². The van der Waals surface area contributed by atoms with E-state index in [-0.39, 0.29) is 17.8 Å². The van der Waals surface area contributed by atoms with Crippen molar-refractivity contribution >= 4 is 5.91 Å². The lowest BCUT2D eigenvalue weighted by Gasteiger charge is -2.25. The summed E-state index contributed by atoms with van der Waals surface area (Å²) in [6.45, 7) is 4.48. The van der Waals surface area contributed by atoms with Crippen molar-refractivity contribution in [1.82, 2.24) is 21.5 Å². The van der Waals surface area contributed by atoms with E-state index < -0.39 is 5.91 Å². The number of rotatable bonds is 7. The second kappa shape index (κ2) is 8.42. The van der Waals surface area contributed by atoms with Crippen LogP contribution in [0, 0.1) is 5.53 Å². The number of nitrogens with two attached hydrogens (primary N) is 1. The Balaban J connectivity index is 2.37. The smallest absolute Gasteiger partial charge is 0.276 e. The molecule has 7 N–H and O–H groups in total. The van der Waals surface area contributed by atoms with E-state index in [1.54, 1.807) is 18.3 Å². The summed E-state index contributed by atoms with van der Waals surface area (Å²) in [6, 6.07) is 3.34. The molecule has 0 saturated carbocycles. The van der Waals surface area contributed by atoms with Crippen molar-refractivity contribution < 1.29 is 14.3 Å². The van der Waals surface area contributed by atoms with Crippen LogP contribution in [0.25, 0.3) is 0 Å². The van der Waals surface area contributed by atoms with E-state index in [4.69, 9.17) is 20.8 Å². The lowest BCUT2D eigenvalue weighted by atomic mass is 9.99. The van der Waals surface area contributed by atoms with Crippen molar-refractivity contribution in [2.75, 3.05) is 13.7 Å². The number of benzene rings is 1. The van der Waals surface area contributed by atoms with E-state index in [0.29, 0.717) is 23.8 Å². The fourth-order valence-corrected chi connectivity index (χ4v) is 2.38. The fraction of sp³-hybridized carbons (Fsp3) is 0.400. The molecule has 1 aliphatic heterocycles. The molecule has 10 heteroatoms. The lowest BCUT2D eigenvalue weighted by molar-refractivity contribution is 0.0947. The molecule has 2 rings (SSSR count). The molecule has 1 aromatic carbocycles. The highest BCUT2D eigenvalue weighted by Crippen LogP contribution is 2.34. The topological polar surface area (TPSA) is 146 Å². The van der Waals surface area contributed by atoms with Gasteiger partial charge in [-0.3, -0.25) is 16.0 Å². The molecular formula is C15H23N7O3. The van der Waals surface area contributed by atoms with Gasteiger partial charge in [0.25, 0.3) is 5.91 Å². The first-order valence-corrected chi connectivity index (χ1v) is 7.71. The average Bonchev–Trinajstić information content (AvgIpc) is 2.62. The highest BCUT2D eigenvalue weighted by Gasteiger charge is 2.21. The van der Waals surface area contributed by atoms with Gasteiger partial charge in [-0.15, -0.1) is 0 Å². The van der Waals surface area contributed by atoms with Gasteiger partial charge in [-0.05, 0) is 18.1 Å². The normalized spacial score (nSPS) is 16.7. The predicted octanol–water partition coefficient (Wildman–Crippen LogP) is 0.654. The number of ether oxygens (including phenoxy) is 2. The fourth-order valence-electron chi connectivity index (χ4n) is 2.38. The number of nitrogens with zero attached hydrogens (tertiary/aromatic N) is 1. The Morgan fingerprint density at radius 1 is 1.44 bits per heavy atom. The van der Waals surface area contributed by atoms with E-state index in [1.165, 1.54) is 7.11 Å². The molecule has 0 spiro atoms. The molecule has 1 amide bonds. The quantitative estimate of drug-likeness (QED) is 0.241. The van der Waals surface area contributed by atoms with Crippen molar-refractivity contribution in [3.05, 3.63) is 35.2 Å². The van der Waals surface area contributed by atoms with Gasteiger partial charge in [-0.1, -0.05) is 19.1 Å². The Hall–Kier alpha value is -2.69. The van der Waals surface area contributed by atoms with E-state index in [2.05, 4.69) is 26.7 Å². The minimum Gasteiger partial charge on any atom is -0.496 e. The van der Waals surface area contributed by atoms with Gasteiger partial charge >= 0.3 is 0 Å². The first-order chi connectivity index (χ1) is 12.0. The van der Waals surface area contributed by atoms with Crippen molar-refractivity contribution in [1.29, 1.82) is 5.53 Å². The summed E-state index contributed by atoms with van der Waals surface area (Å²) in [4.78, 5) is 12.1. The second-order valence-corrected chi connectivity index (χ2v) is 5.66. The van der Waals surface area contributed by atoms with Gasteiger partial charge in [0.15, 0.2) is 0 Å². The number of carbonyl (C=O) groups excluding carboxylic acids is 1. The average molecular weight is 349 g/mol. The summed E-state index contributed by atoms with van der Waals surface area (Å²) in [5, 5.41) is 8.99. The van der Waals surface area contributed by atoms with Gasteiger partial charge < -0.3 is 14.8 Å². The maximum absolute atomic E-state index is 12.1. The zero-order valence-electron chi connectivity index (χ0n) is 14.3. The molecule has 0 fully saturated rings. The number of amides is 1. The summed E-state index contributed by atoms with van der Waals surface area (Å²) in [6.07, 6.45) is 1.46. The van der Waals surface area contributed by atoms with Crippen molar-refractivity contribution in [2.24, 2.45) is 11.1 Å². The summed E-state index contributed by atoms with van der Waals surface area (Å²) >= 11 is 0. The Labute approximate surface area is 145 Å². The Kier molecular flexibility index (Phi) is 6.28. The minimum absolute atomic E-state index is 0.144. The van der Waals surface area contributed by atoms with Crippen LogP contribution < -0.4 is 36.8 Å². The predicted molar refractivity (Wildman–Crippen MR) is 90.7 cm³/mol. The number of methoxy groups -OCH3 is 1. The van der Waals surface area contributed by atoms with Crippen molar-refractivity contribution in [2.45, 2.75) is 26.1 Å². The van der Waals surface area contributed by atoms with Gasteiger partial charge in [0.05, 0.1) is 19.2 Å². The van der Waals surface area contributed by atoms with E-state index >= 15 is 0 Å². The summed E-state index contributed by atoms with van der Waals surface area (Å²) < 4.78 is 11.3. The van der Waals surface area contributed by atoms with Crippen LogP contribution in [0.1, 0.15) is 35.7 Å². The third-order valence-electron chi connectivity index (χ3n) is 3.66. The summed E-state index contributed by atoms with van der Waals surface area (Å²) in [7, 11) is 1.48. The number of hydrogen-bond donors (Lipinski definition) is 6. The van der Waals surface area contributed by atoms with Crippen molar-refractivity contribution in [3.63, 3.8) is 0 Å². The molecule has 10 nitrogen and oxygen atoms in total. The van der Waals surface area contributed by atoms with Gasteiger partial charge in [0.1, 0.15) is 23.5 Å². The summed E-state index contributed by atoms with van der Waals surface area (Å²) in [5.41, 5.74) is 12.6. The molecule has 25 heavy (non-hydrogen) atoms. The second-order valence-electron chi connectivity index (χ2n) is 5.66. The molecule has 1 unspecified atom stereocenters. The monoisotopic (exact) mass is 349 g/mol. The first-order valence-electron chi connectivity index (χ1n) is 7.71. The molecule has 1 aromatic rings. The molecule has 0 saturated heterocycles.